The lowest BCUT2D eigenvalue weighted by molar-refractivity contribution is 0.0933. The van der Waals surface area contributed by atoms with Gasteiger partial charge in [0, 0.05) is 6.04 Å². The molecule has 1 unspecified atom stereocenters. The molecule has 4 heteroatoms. The number of hydrogen-bond acceptors (Lipinski definition) is 3. The number of carbonyl (C=O) groups excluding carboxylic acids is 1. The van der Waals surface area contributed by atoms with Crippen molar-refractivity contribution in [2.75, 3.05) is 12.3 Å². The highest BCUT2D eigenvalue weighted by Crippen LogP contribution is 2.26. The summed E-state index contributed by atoms with van der Waals surface area (Å²) >= 11 is 0. The van der Waals surface area contributed by atoms with Gasteiger partial charge in [0.2, 0.25) is 0 Å². The number of para-hydroxylation sites is 1. The number of amides is 1. The van der Waals surface area contributed by atoms with Crippen molar-refractivity contribution in [2.45, 2.75) is 46.6 Å². The monoisotopic (exact) mass is 278 g/mol. The van der Waals surface area contributed by atoms with Gasteiger partial charge in [-0.1, -0.05) is 19.9 Å². The molecule has 20 heavy (non-hydrogen) atoms. The Balaban J connectivity index is 2.74. The Kier molecular flexibility index (Phi) is 6.36. The van der Waals surface area contributed by atoms with Gasteiger partial charge in [-0.3, -0.25) is 4.79 Å². The Morgan fingerprint density at radius 3 is 2.60 bits per heavy atom. The van der Waals surface area contributed by atoms with E-state index in [1.807, 2.05) is 13.8 Å². The lowest BCUT2D eigenvalue weighted by atomic mass is 10.0. The summed E-state index contributed by atoms with van der Waals surface area (Å²) in [6.07, 6.45) is 2.06. The molecule has 1 atom stereocenters. The van der Waals surface area contributed by atoms with Crippen molar-refractivity contribution in [1.29, 1.82) is 0 Å². The van der Waals surface area contributed by atoms with Crippen molar-refractivity contribution in [3.63, 3.8) is 0 Å². The fourth-order valence-corrected chi connectivity index (χ4v) is 2.00. The van der Waals surface area contributed by atoms with E-state index in [9.17, 15) is 4.79 Å². The number of benzene rings is 1. The van der Waals surface area contributed by atoms with E-state index in [1.54, 1.807) is 18.2 Å². The summed E-state index contributed by atoms with van der Waals surface area (Å²) in [5, 5.41) is 3.00. The Morgan fingerprint density at radius 1 is 1.30 bits per heavy atom. The molecule has 1 amide bonds. The van der Waals surface area contributed by atoms with Crippen LogP contribution in [0.15, 0.2) is 18.2 Å². The van der Waals surface area contributed by atoms with E-state index in [0.717, 1.165) is 12.8 Å². The maximum atomic E-state index is 12.3. The zero-order valence-electron chi connectivity index (χ0n) is 12.9. The van der Waals surface area contributed by atoms with E-state index in [-0.39, 0.29) is 11.9 Å². The first kappa shape index (κ1) is 16.3. The number of nitrogen functional groups attached to an aromatic ring is 1. The minimum absolute atomic E-state index is 0.128. The highest BCUT2D eigenvalue weighted by atomic mass is 16.5. The maximum Gasteiger partial charge on any atom is 0.255 e. The van der Waals surface area contributed by atoms with Crippen molar-refractivity contribution < 1.29 is 9.53 Å². The van der Waals surface area contributed by atoms with Crippen LogP contribution in [0.5, 0.6) is 5.75 Å². The molecule has 0 fully saturated rings. The first-order chi connectivity index (χ1) is 9.45. The first-order valence-electron chi connectivity index (χ1n) is 7.27. The lowest BCUT2D eigenvalue weighted by Gasteiger charge is -2.17. The van der Waals surface area contributed by atoms with Gasteiger partial charge in [-0.25, -0.2) is 0 Å². The van der Waals surface area contributed by atoms with Crippen LogP contribution in [0.4, 0.5) is 5.69 Å². The Labute approximate surface area is 121 Å². The molecule has 1 aromatic carbocycles. The van der Waals surface area contributed by atoms with Gasteiger partial charge in [0.1, 0.15) is 0 Å². The molecule has 0 heterocycles. The molecule has 0 aromatic heterocycles. The minimum atomic E-state index is -0.128. The fraction of sp³-hybridized carbons (Fsp3) is 0.562. The molecule has 0 bridgehead atoms. The maximum absolute atomic E-state index is 12.3. The van der Waals surface area contributed by atoms with Crippen LogP contribution in [0.1, 0.15) is 50.9 Å². The predicted molar refractivity (Wildman–Crippen MR) is 83.0 cm³/mol. The molecular weight excluding hydrogens is 252 g/mol. The second-order valence-corrected chi connectivity index (χ2v) is 5.50. The zero-order chi connectivity index (χ0) is 15.1. The third kappa shape index (κ3) is 4.76. The van der Waals surface area contributed by atoms with Crippen molar-refractivity contribution in [1.82, 2.24) is 5.32 Å². The highest BCUT2D eigenvalue weighted by Gasteiger charge is 2.16. The van der Waals surface area contributed by atoms with Crippen molar-refractivity contribution in [2.24, 2.45) is 5.92 Å². The van der Waals surface area contributed by atoms with Gasteiger partial charge in [-0.05, 0) is 44.7 Å². The van der Waals surface area contributed by atoms with E-state index in [0.29, 0.717) is 29.5 Å². The standard InChI is InChI=1S/C16H26N2O2/c1-5-20-15-13(7-6-8-14(15)17)16(19)18-12(4)10-9-11(2)3/h6-8,11-12H,5,9-10,17H2,1-4H3,(H,18,19). The van der Waals surface area contributed by atoms with E-state index >= 15 is 0 Å². The van der Waals surface area contributed by atoms with E-state index in [4.69, 9.17) is 10.5 Å². The Morgan fingerprint density at radius 2 is 2.00 bits per heavy atom. The van der Waals surface area contributed by atoms with Crippen LogP contribution < -0.4 is 15.8 Å². The quantitative estimate of drug-likeness (QED) is 0.753. The van der Waals surface area contributed by atoms with Gasteiger partial charge >= 0.3 is 0 Å². The molecule has 0 saturated heterocycles. The van der Waals surface area contributed by atoms with Crippen LogP contribution in [-0.2, 0) is 0 Å². The molecule has 0 spiro atoms. The average molecular weight is 278 g/mol. The number of hydrogen-bond donors (Lipinski definition) is 2. The smallest absolute Gasteiger partial charge is 0.255 e. The molecule has 0 aliphatic carbocycles. The normalized spacial score (nSPS) is 12.2. The first-order valence-corrected chi connectivity index (χ1v) is 7.27. The molecular formula is C16H26N2O2. The summed E-state index contributed by atoms with van der Waals surface area (Å²) in [5.74, 6) is 0.987. The summed E-state index contributed by atoms with van der Waals surface area (Å²) in [7, 11) is 0. The van der Waals surface area contributed by atoms with Gasteiger partial charge in [-0.2, -0.15) is 0 Å². The summed E-state index contributed by atoms with van der Waals surface area (Å²) in [6.45, 7) is 8.74. The van der Waals surface area contributed by atoms with E-state index in [2.05, 4.69) is 19.2 Å². The minimum Gasteiger partial charge on any atom is -0.491 e. The molecule has 0 saturated carbocycles. The number of ether oxygens (including phenoxy) is 1. The molecule has 0 aliphatic heterocycles. The van der Waals surface area contributed by atoms with Crippen LogP contribution in [0.3, 0.4) is 0 Å². The van der Waals surface area contributed by atoms with Crippen LogP contribution >= 0.6 is 0 Å². The molecule has 0 aliphatic rings. The fourth-order valence-electron chi connectivity index (χ4n) is 2.00. The molecule has 1 aromatic rings. The van der Waals surface area contributed by atoms with Gasteiger partial charge in [0.05, 0.1) is 17.9 Å². The second kappa shape index (κ2) is 7.78. The predicted octanol–water partition coefficient (Wildman–Crippen LogP) is 3.22. The molecule has 3 N–H and O–H groups in total. The van der Waals surface area contributed by atoms with Crippen LogP contribution in [0.2, 0.25) is 0 Å². The third-order valence-corrected chi connectivity index (χ3v) is 3.13. The number of rotatable bonds is 7. The van der Waals surface area contributed by atoms with Gasteiger partial charge in [0.25, 0.3) is 5.91 Å². The average Bonchev–Trinajstić information content (AvgIpc) is 2.38. The van der Waals surface area contributed by atoms with Gasteiger partial charge < -0.3 is 15.8 Å². The summed E-state index contributed by atoms with van der Waals surface area (Å²) in [4.78, 5) is 12.3. The molecule has 0 radical (unpaired) electrons. The van der Waals surface area contributed by atoms with Gasteiger partial charge in [0.15, 0.2) is 5.75 Å². The van der Waals surface area contributed by atoms with E-state index < -0.39 is 0 Å². The Hall–Kier alpha value is -1.71. The van der Waals surface area contributed by atoms with Crippen LogP contribution in [0, 0.1) is 5.92 Å². The number of anilines is 1. The number of nitrogens with one attached hydrogen (secondary N) is 1. The molecule has 1 rings (SSSR count). The van der Waals surface area contributed by atoms with Crippen molar-refractivity contribution >= 4 is 11.6 Å². The topological polar surface area (TPSA) is 64.3 Å². The lowest BCUT2D eigenvalue weighted by Crippen LogP contribution is -2.33. The van der Waals surface area contributed by atoms with Crippen LogP contribution in [0.25, 0.3) is 0 Å². The van der Waals surface area contributed by atoms with Crippen molar-refractivity contribution in [3.05, 3.63) is 23.8 Å². The largest absolute Gasteiger partial charge is 0.491 e. The summed E-state index contributed by atoms with van der Waals surface area (Å²) in [6, 6.07) is 5.39. The SMILES string of the molecule is CCOc1c(N)cccc1C(=O)NC(C)CCC(C)C. The number of carbonyl (C=O) groups is 1. The summed E-state index contributed by atoms with van der Waals surface area (Å²) < 4.78 is 5.48. The van der Waals surface area contributed by atoms with E-state index in [1.165, 1.54) is 0 Å². The Bertz CT molecular complexity index is 444. The zero-order valence-corrected chi connectivity index (χ0v) is 12.9. The van der Waals surface area contributed by atoms with Crippen LogP contribution in [-0.4, -0.2) is 18.6 Å². The molecule has 112 valence electrons. The van der Waals surface area contributed by atoms with Crippen molar-refractivity contribution in [3.8, 4) is 5.75 Å². The van der Waals surface area contributed by atoms with Gasteiger partial charge in [-0.15, -0.1) is 0 Å². The highest BCUT2D eigenvalue weighted by molar-refractivity contribution is 5.98. The summed E-state index contributed by atoms with van der Waals surface area (Å²) in [5.41, 5.74) is 6.87. The second-order valence-electron chi connectivity index (χ2n) is 5.50. The number of nitrogens with two attached hydrogens (primary N) is 1. The molecule has 4 nitrogen and oxygen atoms in total. The third-order valence-electron chi connectivity index (χ3n) is 3.13.